The van der Waals surface area contributed by atoms with Crippen LogP contribution in [0.4, 0.5) is 4.39 Å². The largest absolute Gasteiger partial charge is 0.349 e. The first-order valence-corrected chi connectivity index (χ1v) is 15.6. The van der Waals surface area contributed by atoms with E-state index in [9.17, 15) is 14.0 Å². The summed E-state index contributed by atoms with van der Waals surface area (Å²) in [7, 11) is 0. The fraction of sp³-hybridized carbons (Fsp3) is 0.576. The van der Waals surface area contributed by atoms with Gasteiger partial charge in [-0.1, -0.05) is 80.6 Å². The highest BCUT2D eigenvalue weighted by Crippen LogP contribution is 2.37. The molecule has 0 aromatic heterocycles. The maximum atomic E-state index is 14.8. The maximum absolute atomic E-state index is 14.8. The van der Waals surface area contributed by atoms with Gasteiger partial charge in [0.2, 0.25) is 11.8 Å². The van der Waals surface area contributed by atoms with Gasteiger partial charge in [-0.15, -0.1) is 0 Å². The predicted octanol–water partition coefficient (Wildman–Crippen LogP) is 4.70. The molecule has 5 rings (SSSR count). The molecule has 41 heavy (non-hydrogen) atoms. The Balaban J connectivity index is 1.27. The lowest BCUT2D eigenvalue weighted by molar-refractivity contribution is -0.135. The van der Waals surface area contributed by atoms with Crippen molar-refractivity contribution in [2.75, 3.05) is 13.1 Å². The van der Waals surface area contributed by atoms with Gasteiger partial charge in [-0.2, -0.15) is 0 Å². The average Bonchev–Trinajstić information content (AvgIpc) is 3.63. The zero-order valence-electron chi connectivity index (χ0n) is 24.3. The van der Waals surface area contributed by atoms with Crippen molar-refractivity contribution in [1.82, 2.24) is 20.9 Å². The second kappa shape index (κ2) is 13.4. The van der Waals surface area contributed by atoms with Gasteiger partial charge in [-0.05, 0) is 50.2 Å². The van der Waals surface area contributed by atoms with Crippen molar-refractivity contribution in [2.45, 2.75) is 101 Å². The molecule has 5 atom stereocenters. The highest BCUT2D eigenvalue weighted by atomic mass is 19.1. The van der Waals surface area contributed by atoms with Crippen molar-refractivity contribution in [1.29, 1.82) is 0 Å². The van der Waals surface area contributed by atoms with Gasteiger partial charge >= 0.3 is 0 Å². The van der Waals surface area contributed by atoms with Crippen LogP contribution in [0.25, 0.3) is 0 Å². The van der Waals surface area contributed by atoms with Crippen LogP contribution in [-0.2, 0) is 9.59 Å². The van der Waals surface area contributed by atoms with Gasteiger partial charge in [0.1, 0.15) is 5.82 Å². The standard InChI is InChI=1S/C33H46FN5O2/c1-23(37-32(41)28(35)21-31(40)39-20-12-19-30(39)24-13-6-5-7-14-24)33(25-15-8-3-2-4-9-16-25)36-22-29(38-33)26-17-10-11-18-27(26)34/h5-7,10-11,13-14,17-18,23,25,28-30,36,38H,2-4,8-9,12,15-16,19-22,35H2,1H3,(H,37,41)/t23-,28-,29?,30+,33?/m0/s1. The van der Waals surface area contributed by atoms with Crippen LogP contribution in [0.15, 0.2) is 54.6 Å². The number of rotatable bonds is 8. The molecule has 3 fully saturated rings. The Morgan fingerprint density at radius 1 is 1.00 bits per heavy atom. The summed E-state index contributed by atoms with van der Waals surface area (Å²) in [5.41, 5.74) is 7.52. The van der Waals surface area contributed by atoms with Crippen molar-refractivity contribution in [3.8, 4) is 0 Å². The lowest BCUT2D eigenvalue weighted by Crippen LogP contribution is -2.68. The molecule has 222 valence electrons. The van der Waals surface area contributed by atoms with E-state index in [1.807, 2.05) is 42.2 Å². The third-order valence-electron chi connectivity index (χ3n) is 9.57. The Bertz CT molecular complexity index is 1170. The zero-order valence-corrected chi connectivity index (χ0v) is 24.3. The minimum atomic E-state index is -0.944. The lowest BCUT2D eigenvalue weighted by atomic mass is 9.78. The first kappa shape index (κ1) is 29.7. The van der Waals surface area contributed by atoms with E-state index >= 15 is 0 Å². The number of carbonyl (C=O) groups is 2. The minimum absolute atomic E-state index is 0.0303. The maximum Gasteiger partial charge on any atom is 0.237 e. The topological polar surface area (TPSA) is 99.5 Å². The van der Waals surface area contributed by atoms with E-state index in [0.717, 1.165) is 44.1 Å². The quantitative estimate of drug-likeness (QED) is 0.373. The van der Waals surface area contributed by atoms with E-state index < -0.39 is 11.7 Å². The number of benzene rings is 2. The molecule has 2 aliphatic heterocycles. The molecule has 1 aliphatic carbocycles. The third-order valence-corrected chi connectivity index (χ3v) is 9.57. The van der Waals surface area contributed by atoms with Crippen molar-refractivity contribution < 1.29 is 14.0 Å². The molecule has 3 aliphatic rings. The molecule has 0 spiro atoms. The molecular weight excluding hydrogens is 517 g/mol. The van der Waals surface area contributed by atoms with Crippen LogP contribution in [-0.4, -0.2) is 47.6 Å². The molecule has 7 nitrogen and oxygen atoms in total. The minimum Gasteiger partial charge on any atom is -0.349 e. The van der Waals surface area contributed by atoms with Crippen molar-refractivity contribution in [3.63, 3.8) is 0 Å². The van der Waals surface area contributed by atoms with Gasteiger partial charge in [-0.3, -0.25) is 20.2 Å². The van der Waals surface area contributed by atoms with Gasteiger partial charge in [0.05, 0.1) is 30.2 Å². The van der Waals surface area contributed by atoms with Crippen LogP contribution in [0.1, 0.15) is 94.3 Å². The second-order valence-corrected chi connectivity index (χ2v) is 12.2. The monoisotopic (exact) mass is 563 g/mol. The van der Waals surface area contributed by atoms with Crippen LogP contribution in [0.2, 0.25) is 0 Å². The summed E-state index contributed by atoms with van der Waals surface area (Å²) in [5.74, 6) is -0.375. The van der Waals surface area contributed by atoms with Gasteiger partial charge in [-0.25, -0.2) is 4.39 Å². The van der Waals surface area contributed by atoms with E-state index in [-0.39, 0.29) is 48.1 Å². The Labute approximate surface area is 243 Å². The van der Waals surface area contributed by atoms with Gasteiger partial charge in [0.15, 0.2) is 0 Å². The molecular formula is C33H46FN5O2. The van der Waals surface area contributed by atoms with Crippen LogP contribution in [0.3, 0.4) is 0 Å². The predicted molar refractivity (Wildman–Crippen MR) is 159 cm³/mol. The summed E-state index contributed by atoms with van der Waals surface area (Å²) in [4.78, 5) is 28.6. The van der Waals surface area contributed by atoms with Crippen molar-refractivity contribution in [2.24, 2.45) is 11.7 Å². The molecule has 2 heterocycles. The summed E-state index contributed by atoms with van der Waals surface area (Å²) in [6.07, 6.45) is 9.82. The summed E-state index contributed by atoms with van der Waals surface area (Å²) in [5, 5.41) is 10.6. The normalized spacial score (nSPS) is 27.1. The van der Waals surface area contributed by atoms with Gasteiger partial charge in [0, 0.05) is 24.7 Å². The molecule has 0 radical (unpaired) electrons. The Hall–Kier alpha value is -2.81. The molecule has 5 N–H and O–H groups in total. The molecule has 2 aromatic rings. The number of amides is 2. The summed E-state index contributed by atoms with van der Waals surface area (Å²) in [6, 6.07) is 15.5. The highest BCUT2D eigenvalue weighted by molar-refractivity contribution is 5.88. The van der Waals surface area contributed by atoms with Crippen LogP contribution in [0, 0.1) is 11.7 Å². The average molecular weight is 564 g/mol. The molecule has 2 saturated heterocycles. The van der Waals surface area contributed by atoms with Crippen molar-refractivity contribution >= 4 is 11.8 Å². The van der Waals surface area contributed by atoms with Crippen LogP contribution < -0.4 is 21.7 Å². The Kier molecular flexibility index (Phi) is 9.73. The van der Waals surface area contributed by atoms with Crippen LogP contribution in [0.5, 0.6) is 0 Å². The highest BCUT2D eigenvalue weighted by Gasteiger charge is 2.49. The number of nitrogens with one attached hydrogen (secondary N) is 3. The summed E-state index contributed by atoms with van der Waals surface area (Å²) >= 11 is 0. The molecule has 2 unspecified atom stereocenters. The third kappa shape index (κ3) is 6.65. The zero-order chi connectivity index (χ0) is 28.8. The SMILES string of the molecule is C[C@H](NC(=O)[C@@H](N)CC(=O)N1CCC[C@@H]1c1ccccc1)C1(C2CCCCCCC2)NCC(c2ccccc2F)N1. The smallest absolute Gasteiger partial charge is 0.237 e. The molecule has 2 amide bonds. The number of halogens is 1. The van der Waals surface area contributed by atoms with E-state index in [2.05, 4.69) is 28.1 Å². The Morgan fingerprint density at radius 3 is 2.41 bits per heavy atom. The molecule has 8 heteroatoms. The number of carbonyl (C=O) groups excluding carboxylic acids is 2. The fourth-order valence-electron chi connectivity index (χ4n) is 7.33. The molecule has 1 saturated carbocycles. The van der Waals surface area contributed by atoms with Gasteiger partial charge in [0.25, 0.3) is 0 Å². The number of hydrogen-bond acceptors (Lipinski definition) is 5. The molecule has 0 bridgehead atoms. The van der Waals surface area contributed by atoms with Crippen LogP contribution >= 0.6 is 0 Å². The number of hydrogen-bond donors (Lipinski definition) is 4. The summed E-state index contributed by atoms with van der Waals surface area (Å²) in [6.45, 7) is 3.25. The van der Waals surface area contributed by atoms with Gasteiger partial charge < -0.3 is 16.0 Å². The van der Waals surface area contributed by atoms with E-state index in [1.54, 1.807) is 6.07 Å². The van der Waals surface area contributed by atoms with Crippen molar-refractivity contribution in [3.05, 3.63) is 71.5 Å². The number of nitrogens with zero attached hydrogens (tertiary/aromatic N) is 1. The first-order chi connectivity index (χ1) is 19.9. The Morgan fingerprint density at radius 2 is 1.68 bits per heavy atom. The van der Waals surface area contributed by atoms with E-state index in [4.69, 9.17) is 5.73 Å². The summed E-state index contributed by atoms with van der Waals surface area (Å²) < 4.78 is 14.8. The number of likely N-dealkylation sites (tertiary alicyclic amines) is 1. The lowest BCUT2D eigenvalue weighted by Gasteiger charge is -2.44. The first-order valence-electron chi connectivity index (χ1n) is 15.6. The molecule has 2 aromatic carbocycles. The second-order valence-electron chi connectivity index (χ2n) is 12.2. The number of nitrogens with two attached hydrogens (primary N) is 1. The van der Waals surface area contributed by atoms with E-state index in [0.29, 0.717) is 18.7 Å². The van der Waals surface area contributed by atoms with E-state index in [1.165, 1.54) is 25.3 Å². The fourth-order valence-corrected chi connectivity index (χ4v) is 7.33.